The molecule has 0 bridgehead atoms. The summed E-state index contributed by atoms with van der Waals surface area (Å²) >= 11 is 0. The van der Waals surface area contributed by atoms with Gasteiger partial charge in [0, 0.05) is 18.7 Å². The minimum atomic E-state index is -0.799. The number of carbonyl (C=O) groups is 3. The third kappa shape index (κ3) is 5.69. The van der Waals surface area contributed by atoms with Crippen molar-refractivity contribution >= 4 is 18.0 Å². The Morgan fingerprint density at radius 1 is 1.00 bits per heavy atom. The fraction of sp³-hybridized carbons (Fsp3) is 0.235. The predicted molar refractivity (Wildman–Crippen MR) is 87.5 cm³/mol. The summed E-state index contributed by atoms with van der Waals surface area (Å²) < 4.78 is 14.5. The molecule has 0 spiro atoms. The first-order valence-corrected chi connectivity index (χ1v) is 7.64. The van der Waals surface area contributed by atoms with Crippen LogP contribution >= 0.6 is 0 Å². The maximum atomic E-state index is 12.0. The number of carbonyl (C=O) groups excluding carboxylic acids is 3. The Labute approximate surface area is 144 Å². The van der Waals surface area contributed by atoms with Crippen molar-refractivity contribution in [1.82, 2.24) is 10.6 Å². The molecule has 0 fully saturated rings. The highest BCUT2D eigenvalue weighted by molar-refractivity contribution is 5.94. The number of hydrogen-bond acceptors (Lipinski definition) is 6. The van der Waals surface area contributed by atoms with Crippen LogP contribution in [0.4, 0.5) is 4.79 Å². The van der Waals surface area contributed by atoms with E-state index < -0.39 is 6.16 Å². The molecular weight excluding hydrogens is 328 g/mol. The molecule has 25 heavy (non-hydrogen) atoms. The van der Waals surface area contributed by atoms with Crippen LogP contribution in [0, 0.1) is 0 Å². The standard InChI is InChI=1S/C17H18N2O6/c1-2-23-17(22)25-13-7-5-12(6-8-13)15(20)18-9-10-19-16(21)14-4-3-11-24-14/h3-8,11H,2,9-10H2,1H3,(H,18,20)(H,19,21). The van der Waals surface area contributed by atoms with E-state index in [0.717, 1.165) is 0 Å². The van der Waals surface area contributed by atoms with Gasteiger partial charge in [0.1, 0.15) is 5.75 Å². The second kappa shape index (κ2) is 9.11. The summed E-state index contributed by atoms with van der Waals surface area (Å²) in [6, 6.07) is 9.19. The van der Waals surface area contributed by atoms with Crippen LogP contribution in [0.2, 0.25) is 0 Å². The average Bonchev–Trinajstić information content (AvgIpc) is 3.14. The van der Waals surface area contributed by atoms with Gasteiger partial charge in [-0.1, -0.05) is 0 Å². The van der Waals surface area contributed by atoms with Gasteiger partial charge in [-0.05, 0) is 43.3 Å². The fourth-order valence-corrected chi connectivity index (χ4v) is 1.87. The summed E-state index contributed by atoms with van der Waals surface area (Å²) in [4.78, 5) is 34.8. The van der Waals surface area contributed by atoms with E-state index in [1.165, 1.54) is 30.5 Å². The fourth-order valence-electron chi connectivity index (χ4n) is 1.87. The minimum absolute atomic E-state index is 0.212. The molecule has 0 atom stereocenters. The smallest absolute Gasteiger partial charge is 0.459 e. The monoisotopic (exact) mass is 346 g/mol. The van der Waals surface area contributed by atoms with Crippen LogP contribution in [-0.2, 0) is 4.74 Å². The van der Waals surface area contributed by atoms with Crippen molar-refractivity contribution in [3.05, 3.63) is 54.0 Å². The van der Waals surface area contributed by atoms with Gasteiger partial charge in [-0.25, -0.2) is 4.79 Å². The molecule has 0 radical (unpaired) electrons. The Kier molecular flexibility index (Phi) is 6.58. The number of furan rings is 1. The third-order valence-electron chi connectivity index (χ3n) is 3.02. The molecule has 1 aromatic heterocycles. The lowest BCUT2D eigenvalue weighted by Crippen LogP contribution is -2.34. The molecule has 0 saturated heterocycles. The molecule has 1 heterocycles. The van der Waals surface area contributed by atoms with E-state index in [2.05, 4.69) is 15.4 Å². The van der Waals surface area contributed by atoms with Crippen molar-refractivity contribution in [1.29, 1.82) is 0 Å². The van der Waals surface area contributed by atoms with Gasteiger partial charge in [-0.15, -0.1) is 0 Å². The zero-order chi connectivity index (χ0) is 18.1. The van der Waals surface area contributed by atoms with Crippen molar-refractivity contribution in [2.75, 3.05) is 19.7 Å². The highest BCUT2D eigenvalue weighted by Gasteiger charge is 2.09. The van der Waals surface area contributed by atoms with Gasteiger partial charge in [0.05, 0.1) is 12.9 Å². The van der Waals surface area contributed by atoms with Crippen LogP contribution < -0.4 is 15.4 Å². The molecule has 0 aliphatic rings. The predicted octanol–water partition coefficient (Wildman–Crippen LogP) is 1.97. The van der Waals surface area contributed by atoms with Crippen LogP contribution in [0.15, 0.2) is 47.1 Å². The summed E-state index contributed by atoms with van der Waals surface area (Å²) in [7, 11) is 0. The number of rotatable bonds is 7. The first-order valence-electron chi connectivity index (χ1n) is 7.64. The van der Waals surface area contributed by atoms with Gasteiger partial charge in [0.25, 0.3) is 11.8 Å². The lowest BCUT2D eigenvalue weighted by Gasteiger charge is -2.07. The van der Waals surface area contributed by atoms with E-state index in [-0.39, 0.29) is 43.0 Å². The van der Waals surface area contributed by atoms with Gasteiger partial charge in [-0.2, -0.15) is 0 Å². The largest absolute Gasteiger partial charge is 0.513 e. The van der Waals surface area contributed by atoms with E-state index in [4.69, 9.17) is 9.15 Å². The maximum Gasteiger partial charge on any atom is 0.513 e. The van der Waals surface area contributed by atoms with Gasteiger partial charge < -0.3 is 24.5 Å². The van der Waals surface area contributed by atoms with E-state index in [9.17, 15) is 14.4 Å². The van der Waals surface area contributed by atoms with Crippen LogP contribution in [0.25, 0.3) is 0 Å². The molecule has 2 aromatic rings. The number of ether oxygens (including phenoxy) is 2. The second-order valence-electron chi connectivity index (χ2n) is 4.80. The molecule has 2 rings (SSSR count). The molecule has 132 valence electrons. The van der Waals surface area contributed by atoms with Crippen LogP contribution in [0.5, 0.6) is 5.75 Å². The van der Waals surface area contributed by atoms with Crippen molar-refractivity contribution in [2.24, 2.45) is 0 Å². The molecule has 1 aromatic carbocycles. The van der Waals surface area contributed by atoms with Crippen molar-refractivity contribution in [2.45, 2.75) is 6.92 Å². The highest BCUT2D eigenvalue weighted by Crippen LogP contribution is 2.12. The summed E-state index contributed by atoms with van der Waals surface area (Å²) in [5.41, 5.74) is 0.397. The van der Waals surface area contributed by atoms with Crippen molar-refractivity contribution in [3.8, 4) is 5.75 Å². The summed E-state index contributed by atoms with van der Waals surface area (Å²) in [6.07, 6.45) is 0.610. The van der Waals surface area contributed by atoms with E-state index in [1.54, 1.807) is 19.1 Å². The highest BCUT2D eigenvalue weighted by atomic mass is 16.7. The Bertz CT molecular complexity index is 709. The van der Waals surface area contributed by atoms with E-state index in [0.29, 0.717) is 5.56 Å². The topological polar surface area (TPSA) is 107 Å². The zero-order valence-corrected chi connectivity index (χ0v) is 13.6. The zero-order valence-electron chi connectivity index (χ0n) is 13.6. The van der Waals surface area contributed by atoms with Crippen molar-refractivity contribution in [3.63, 3.8) is 0 Å². The molecular formula is C17H18N2O6. The maximum absolute atomic E-state index is 12.0. The van der Waals surface area contributed by atoms with Crippen LogP contribution in [-0.4, -0.2) is 37.7 Å². The molecule has 0 aliphatic heterocycles. The summed E-state index contributed by atoms with van der Waals surface area (Å²) in [6.45, 7) is 2.41. The normalized spacial score (nSPS) is 9.96. The van der Waals surface area contributed by atoms with Gasteiger partial charge in [0.2, 0.25) is 0 Å². The molecule has 2 N–H and O–H groups in total. The van der Waals surface area contributed by atoms with Gasteiger partial charge in [0.15, 0.2) is 5.76 Å². The number of amides is 2. The quantitative estimate of drug-likeness (QED) is 0.451. The molecule has 2 amide bonds. The summed E-state index contributed by atoms with van der Waals surface area (Å²) in [5.74, 6) is -0.168. The van der Waals surface area contributed by atoms with E-state index in [1.807, 2.05) is 0 Å². The van der Waals surface area contributed by atoms with Crippen LogP contribution in [0.3, 0.4) is 0 Å². The lowest BCUT2D eigenvalue weighted by atomic mass is 10.2. The Balaban J connectivity index is 1.73. The minimum Gasteiger partial charge on any atom is -0.459 e. The molecule has 0 saturated carbocycles. The lowest BCUT2D eigenvalue weighted by molar-refractivity contribution is 0.0910. The summed E-state index contributed by atoms with van der Waals surface area (Å²) in [5, 5.41) is 5.28. The van der Waals surface area contributed by atoms with E-state index >= 15 is 0 Å². The first kappa shape index (κ1) is 18.1. The Morgan fingerprint density at radius 2 is 1.68 bits per heavy atom. The number of hydrogen-bond donors (Lipinski definition) is 2. The number of benzene rings is 1. The van der Waals surface area contributed by atoms with Crippen LogP contribution in [0.1, 0.15) is 27.8 Å². The van der Waals surface area contributed by atoms with Crippen molar-refractivity contribution < 1.29 is 28.3 Å². The second-order valence-corrected chi connectivity index (χ2v) is 4.80. The number of nitrogens with one attached hydrogen (secondary N) is 2. The molecule has 0 aliphatic carbocycles. The van der Waals surface area contributed by atoms with Gasteiger partial charge in [-0.3, -0.25) is 9.59 Å². The molecule has 0 unspecified atom stereocenters. The average molecular weight is 346 g/mol. The molecule has 8 nitrogen and oxygen atoms in total. The molecule has 8 heteroatoms. The first-order chi connectivity index (χ1) is 12.1. The van der Waals surface area contributed by atoms with Gasteiger partial charge >= 0.3 is 6.16 Å². The Hall–Kier alpha value is -3.29. The Morgan fingerprint density at radius 3 is 2.28 bits per heavy atom. The third-order valence-corrected chi connectivity index (χ3v) is 3.02. The SMILES string of the molecule is CCOC(=O)Oc1ccc(C(=O)NCCNC(=O)c2ccco2)cc1.